The van der Waals surface area contributed by atoms with Gasteiger partial charge in [0.05, 0.1) is 28.2 Å². The fraction of sp³-hybridized carbons (Fsp3) is 0.385. The minimum absolute atomic E-state index is 0. The zero-order chi connectivity index (χ0) is 24.3. The molecule has 186 valence electrons. The summed E-state index contributed by atoms with van der Waals surface area (Å²) in [5.74, 6) is 0.441. The topological polar surface area (TPSA) is 102 Å². The molecule has 1 aliphatic heterocycles. The Labute approximate surface area is 206 Å². The number of anilines is 1. The van der Waals surface area contributed by atoms with E-state index in [0.717, 1.165) is 28.6 Å². The number of esters is 1. The molecule has 0 saturated carbocycles. The highest BCUT2D eigenvalue weighted by molar-refractivity contribution is 7.93. The number of nitriles is 1. The first-order chi connectivity index (χ1) is 16.4. The van der Waals surface area contributed by atoms with Crippen molar-refractivity contribution < 1.29 is 22.7 Å². The Balaban J connectivity index is 0.00000342. The molecule has 8 nitrogen and oxygen atoms in total. The Bertz CT molecular complexity index is 1350. The lowest BCUT2D eigenvalue weighted by Gasteiger charge is -2.17. The van der Waals surface area contributed by atoms with Gasteiger partial charge in [0.25, 0.3) is 0 Å². The van der Waals surface area contributed by atoms with Gasteiger partial charge in [0.1, 0.15) is 25.0 Å². The van der Waals surface area contributed by atoms with E-state index in [9.17, 15) is 18.5 Å². The van der Waals surface area contributed by atoms with E-state index >= 15 is 0 Å². The SMILES string of the molecule is C.CCCn1c(-c2ccc(N3CCCS3(=O)=O)cc2)c(C#N)c2ccc(OCCOC(C)=O)cc21. The molecule has 1 saturated heterocycles. The molecule has 0 amide bonds. The fourth-order valence-corrected chi connectivity index (χ4v) is 5.91. The zero-order valence-corrected chi connectivity index (χ0v) is 20.1. The van der Waals surface area contributed by atoms with Gasteiger partial charge in [0.15, 0.2) is 0 Å². The number of aromatic nitrogens is 1. The predicted molar refractivity (Wildman–Crippen MR) is 137 cm³/mol. The zero-order valence-electron chi connectivity index (χ0n) is 19.3. The molecule has 0 unspecified atom stereocenters. The van der Waals surface area contributed by atoms with Crippen molar-refractivity contribution in [2.45, 2.75) is 40.7 Å². The average Bonchev–Trinajstić information content (AvgIpc) is 3.33. The molecule has 1 aliphatic rings. The number of benzene rings is 2. The third kappa shape index (κ3) is 5.28. The van der Waals surface area contributed by atoms with Crippen LogP contribution < -0.4 is 9.04 Å². The number of ether oxygens (including phenoxy) is 2. The summed E-state index contributed by atoms with van der Waals surface area (Å²) in [6, 6.07) is 15.3. The maximum Gasteiger partial charge on any atom is 0.302 e. The molecule has 0 spiro atoms. The van der Waals surface area contributed by atoms with E-state index in [1.807, 2.05) is 24.3 Å². The summed E-state index contributed by atoms with van der Waals surface area (Å²) in [4.78, 5) is 10.9. The highest BCUT2D eigenvalue weighted by atomic mass is 32.2. The summed E-state index contributed by atoms with van der Waals surface area (Å²) < 4.78 is 38.8. The van der Waals surface area contributed by atoms with Gasteiger partial charge in [-0.3, -0.25) is 9.10 Å². The van der Waals surface area contributed by atoms with E-state index in [1.165, 1.54) is 11.2 Å². The molecule has 0 atom stereocenters. The monoisotopic (exact) mass is 497 g/mol. The molecule has 9 heteroatoms. The van der Waals surface area contributed by atoms with Crippen molar-refractivity contribution in [2.24, 2.45) is 0 Å². The number of carbonyl (C=O) groups excluding carboxylic acids is 1. The van der Waals surface area contributed by atoms with Crippen molar-refractivity contribution in [3.63, 3.8) is 0 Å². The van der Waals surface area contributed by atoms with Crippen molar-refractivity contribution in [2.75, 3.05) is 29.8 Å². The molecule has 2 heterocycles. The van der Waals surface area contributed by atoms with E-state index in [4.69, 9.17) is 9.47 Å². The number of sulfonamides is 1. The molecular weight excluding hydrogens is 466 g/mol. The Hall–Kier alpha value is -3.51. The summed E-state index contributed by atoms with van der Waals surface area (Å²) in [5, 5.41) is 10.8. The van der Waals surface area contributed by atoms with Crippen LogP contribution in [0.3, 0.4) is 0 Å². The highest BCUT2D eigenvalue weighted by Gasteiger charge is 2.28. The van der Waals surface area contributed by atoms with Crippen molar-refractivity contribution in [3.05, 3.63) is 48.0 Å². The van der Waals surface area contributed by atoms with Gasteiger partial charge in [-0.25, -0.2) is 8.42 Å². The number of hydrogen-bond acceptors (Lipinski definition) is 6. The molecule has 4 rings (SSSR count). The molecule has 0 bridgehead atoms. The van der Waals surface area contributed by atoms with Crippen LogP contribution in [-0.4, -0.2) is 44.5 Å². The quantitative estimate of drug-likeness (QED) is 0.330. The molecular formula is C26H31N3O5S. The van der Waals surface area contributed by atoms with Crippen molar-refractivity contribution in [1.82, 2.24) is 4.57 Å². The van der Waals surface area contributed by atoms with E-state index in [2.05, 4.69) is 17.6 Å². The summed E-state index contributed by atoms with van der Waals surface area (Å²) in [6.45, 7) is 5.01. The maximum atomic E-state index is 12.3. The van der Waals surface area contributed by atoms with Crippen LogP contribution in [0.4, 0.5) is 5.69 Å². The van der Waals surface area contributed by atoms with E-state index < -0.39 is 10.0 Å². The fourth-order valence-electron chi connectivity index (χ4n) is 4.35. The van der Waals surface area contributed by atoms with Crippen LogP contribution in [0.2, 0.25) is 0 Å². The second kappa shape index (κ2) is 10.8. The standard InChI is InChI=1S/C25H27N3O5S.CH4/c1-3-11-27-24-16-21(33-14-13-32-18(2)29)9-10-22(24)23(17-26)25(27)19-5-7-20(8-6-19)28-12-4-15-34(28,30)31;/h5-10,16H,3-4,11-15H2,1-2H3;1H4. The van der Waals surface area contributed by atoms with E-state index in [0.29, 0.717) is 36.5 Å². The van der Waals surface area contributed by atoms with E-state index in [-0.39, 0.29) is 32.4 Å². The summed E-state index contributed by atoms with van der Waals surface area (Å²) in [6.07, 6.45) is 1.49. The van der Waals surface area contributed by atoms with Crippen LogP contribution in [0.1, 0.15) is 39.7 Å². The first-order valence-corrected chi connectivity index (χ1v) is 12.9. The molecule has 1 fully saturated rings. The normalized spacial score (nSPS) is 14.4. The Kier molecular flexibility index (Phi) is 8.07. The van der Waals surface area contributed by atoms with Gasteiger partial charge in [-0.15, -0.1) is 0 Å². The number of fused-ring (bicyclic) bond motifs is 1. The van der Waals surface area contributed by atoms with Crippen LogP contribution >= 0.6 is 0 Å². The van der Waals surface area contributed by atoms with Gasteiger partial charge in [-0.05, 0) is 42.7 Å². The minimum atomic E-state index is -3.25. The largest absolute Gasteiger partial charge is 0.490 e. The lowest BCUT2D eigenvalue weighted by atomic mass is 10.1. The lowest BCUT2D eigenvalue weighted by Crippen LogP contribution is -2.24. The molecule has 3 aromatic rings. The number of rotatable bonds is 8. The van der Waals surface area contributed by atoms with Gasteiger partial charge < -0.3 is 14.0 Å². The second-order valence-electron chi connectivity index (χ2n) is 8.14. The minimum Gasteiger partial charge on any atom is -0.490 e. The smallest absolute Gasteiger partial charge is 0.302 e. The lowest BCUT2D eigenvalue weighted by molar-refractivity contribution is -0.141. The molecule has 35 heavy (non-hydrogen) atoms. The first kappa shape index (κ1) is 26.1. The Morgan fingerprint density at radius 1 is 1.14 bits per heavy atom. The predicted octanol–water partition coefficient (Wildman–Crippen LogP) is 4.71. The van der Waals surface area contributed by atoms with E-state index in [1.54, 1.807) is 18.2 Å². The van der Waals surface area contributed by atoms with Crippen LogP contribution in [-0.2, 0) is 26.1 Å². The Morgan fingerprint density at radius 3 is 2.49 bits per heavy atom. The average molecular weight is 498 g/mol. The summed E-state index contributed by atoms with van der Waals surface area (Å²) in [5.41, 5.74) is 3.73. The van der Waals surface area contributed by atoms with Crippen LogP contribution in [0.25, 0.3) is 22.2 Å². The third-order valence-corrected chi connectivity index (χ3v) is 7.65. The van der Waals surface area contributed by atoms with Crippen LogP contribution in [0, 0.1) is 11.3 Å². The summed E-state index contributed by atoms with van der Waals surface area (Å²) in [7, 11) is -3.25. The number of aryl methyl sites for hydroxylation is 1. The van der Waals surface area contributed by atoms with Gasteiger partial charge in [-0.1, -0.05) is 26.5 Å². The van der Waals surface area contributed by atoms with Gasteiger partial charge in [0, 0.05) is 31.5 Å². The molecule has 0 radical (unpaired) electrons. The number of carbonyl (C=O) groups is 1. The maximum absolute atomic E-state index is 12.3. The highest BCUT2D eigenvalue weighted by Crippen LogP contribution is 2.36. The van der Waals surface area contributed by atoms with Gasteiger partial charge in [0.2, 0.25) is 10.0 Å². The van der Waals surface area contributed by atoms with Crippen molar-refractivity contribution in [3.8, 4) is 23.1 Å². The molecule has 0 N–H and O–H groups in total. The summed E-state index contributed by atoms with van der Waals surface area (Å²) >= 11 is 0. The molecule has 2 aromatic carbocycles. The van der Waals surface area contributed by atoms with Crippen LogP contribution in [0.5, 0.6) is 5.75 Å². The molecule has 0 aliphatic carbocycles. The first-order valence-electron chi connectivity index (χ1n) is 11.3. The molecule has 1 aromatic heterocycles. The van der Waals surface area contributed by atoms with Gasteiger partial charge in [-0.2, -0.15) is 5.26 Å². The van der Waals surface area contributed by atoms with Crippen molar-refractivity contribution >= 4 is 32.6 Å². The second-order valence-corrected chi connectivity index (χ2v) is 10.2. The van der Waals surface area contributed by atoms with Crippen molar-refractivity contribution in [1.29, 1.82) is 5.26 Å². The van der Waals surface area contributed by atoms with Crippen LogP contribution in [0.15, 0.2) is 42.5 Å². The number of nitrogens with zero attached hydrogens (tertiary/aromatic N) is 3. The number of hydrogen-bond donors (Lipinski definition) is 0. The Morgan fingerprint density at radius 2 is 1.89 bits per heavy atom. The third-order valence-electron chi connectivity index (χ3n) is 5.78. The van der Waals surface area contributed by atoms with Gasteiger partial charge >= 0.3 is 5.97 Å².